The molecule has 0 unspecified atom stereocenters. The highest BCUT2D eigenvalue weighted by atomic mass is 35.5. The zero-order chi connectivity index (χ0) is 9.97. The van der Waals surface area contributed by atoms with Crippen LogP contribution in [0, 0.1) is 10.1 Å². The maximum atomic E-state index is 10.4. The van der Waals surface area contributed by atoms with Crippen LogP contribution in [0.1, 0.15) is 5.56 Å². The molecule has 0 bridgehead atoms. The van der Waals surface area contributed by atoms with E-state index in [1.165, 1.54) is 17.7 Å². The minimum Gasteiger partial charge on any atom is -0.309 e. The molecule has 0 aliphatic carbocycles. The molecule has 2 rings (SSSR count). The minimum absolute atomic E-state index is 0. The molecule has 0 saturated carbocycles. The summed E-state index contributed by atoms with van der Waals surface area (Å²) in [6.07, 6.45) is 2.10. The van der Waals surface area contributed by atoms with Gasteiger partial charge in [0.1, 0.15) is 0 Å². The summed E-state index contributed by atoms with van der Waals surface area (Å²) in [6, 6.07) is 6.65. The van der Waals surface area contributed by atoms with Crippen LogP contribution in [0.4, 0.5) is 5.69 Å². The van der Waals surface area contributed by atoms with Gasteiger partial charge >= 0.3 is 0 Å². The number of benzene rings is 1. The second-order valence-electron chi connectivity index (χ2n) is 3.16. The first-order chi connectivity index (χ1) is 6.77. The minimum atomic E-state index is -0.384. The average Bonchev–Trinajstić information content (AvgIpc) is 2.71. The van der Waals surface area contributed by atoms with Crippen LogP contribution >= 0.6 is 12.4 Å². The number of nitro benzene ring substituents is 1. The maximum Gasteiger partial charge on any atom is 0.269 e. The van der Waals surface area contributed by atoms with E-state index in [2.05, 4.69) is 11.4 Å². The van der Waals surface area contributed by atoms with Gasteiger partial charge in [-0.2, -0.15) is 0 Å². The van der Waals surface area contributed by atoms with Crippen molar-refractivity contribution in [1.29, 1.82) is 0 Å². The van der Waals surface area contributed by atoms with Gasteiger partial charge in [-0.25, -0.2) is 0 Å². The first-order valence-corrected chi connectivity index (χ1v) is 4.42. The molecule has 1 aliphatic rings. The van der Waals surface area contributed by atoms with Crippen molar-refractivity contribution in [1.82, 2.24) is 5.32 Å². The Balaban J connectivity index is 0.00000112. The summed E-state index contributed by atoms with van der Waals surface area (Å²) in [7, 11) is 0. The van der Waals surface area contributed by atoms with E-state index in [9.17, 15) is 10.1 Å². The van der Waals surface area contributed by atoms with Crippen LogP contribution in [-0.4, -0.2) is 18.0 Å². The van der Waals surface area contributed by atoms with Crippen molar-refractivity contribution < 1.29 is 4.92 Å². The summed E-state index contributed by atoms with van der Waals surface area (Å²) >= 11 is 0. The first-order valence-electron chi connectivity index (χ1n) is 4.42. The molecule has 1 N–H and O–H groups in total. The predicted octanol–water partition coefficient (Wildman–Crippen LogP) is 2.00. The van der Waals surface area contributed by atoms with Gasteiger partial charge in [-0.3, -0.25) is 10.1 Å². The zero-order valence-electron chi connectivity index (χ0n) is 7.97. The molecule has 0 spiro atoms. The fourth-order valence-corrected chi connectivity index (χ4v) is 1.49. The molecule has 15 heavy (non-hydrogen) atoms. The highest BCUT2D eigenvalue weighted by Crippen LogP contribution is 2.19. The fourth-order valence-electron chi connectivity index (χ4n) is 1.49. The largest absolute Gasteiger partial charge is 0.309 e. The fraction of sp³-hybridized carbons (Fsp3) is 0.200. The molecular formula is C10H11ClN2O2. The quantitative estimate of drug-likeness (QED) is 0.620. The number of nitrogens with zero attached hydrogens (tertiary/aromatic N) is 1. The SMILES string of the molecule is Cl.O=[N+]([O-])c1ccc(C2=CCNC2)cc1. The molecule has 0 amide bonds. The number of rotatable bonds is 2. The van der Waals surface area contributed by atoms with E-state index in [0.29, 0.717) is 0 Å². The lowest BCUT2D eigenvalue weighted by Gasteiger charge is -2.00. The molecule has 4 nitrogen and oxygen atoms in total. The molecule has 1 aromatic carbocycles. The summed E-state index contributed by atoms with van der Waals surface area (Å²) in [5.74, 6) is 0. The molecular weight excluding hydrogens is 216 g/mol. The Morgan fingerprint density at radius 2 is 1.93 bits per heavy atom. The second kappa shape index (κ2) is 4.91. The number of halogens is 1. The van der Waals surface area contributed by atoms with Gasteiger partial charge in [0.2, 0.25) is 0 Å². The number of hydrogen-bond donors (Lipinski definition) is 1. The van der Waals surface area contributed by atoms with Crippen molar-refractivity contribution >= 4 is 23.7 Å². The molecule has 0 aromatic heterocycles. The second-order valence-corrected chi connectivity index (χ2v) is 3.16. The molecule has 0 atom stereocenters. The van der Waals surface area contributed by atoms with Crippen LogP contribution < -0.4 is 5.32 Å². The molecule has 80 valence electrons. The van der Waals surface area contributed by atoms with Gasteiger partial charge < -0.3 is 5.32 Å². The number of nitrogens with one attached hydrogen (secondary N) is 1. The van der Waals surface area contributed by atoms with Crippen molar-refractivity contribution in [3.05, 3.63) is 46.0 Å². The van der Waals surface area contributed by atoms with Gasteiger partial charge in [-0.05, 0) is 23.3 Å². The Bertz CT molecular complexity index is 387. The molecule has 1 aromatic rings. The third-order valence-corrected chi connectivity index (χ3v) is 2.26. The monoisotopic (exact) mass is 226 g/mol. The summed E-state index contributed by atoms with van der Waals surface area (Å²) < 4.78 is 0. The van der Waals surface area contributed by atoms with Crippen molar-refractivity contribution in [2.75, 3.05) is 13.1 Å². The van der Waals surface area contributed by atoms with E-state index in [1.54, 1.807) is 12.1 Å². The lowest BCUT2D eigenvalue weighted by atomic mass is 10.1. The van der Waals surface area contributed by atoms with Gasteiger partial charge in [0.05, 0.1) is 4.92 Å². The van der Waals surface area contributed by atoms with E-state index in [4.69, 9.17) is 0 Å². The zero-order valence-corrected chi connectivity index (χ0v) is 8.79. The normalized spacial score (nSPS) is 14.3. The van der Waals surface area contributed by atoms with Crippen LogP contribution in [0.2, 0.25) is 0 Å². The van der Waals surface area contributed by atoms with E-state index in [1.807, 2.05) is 0 Å². The van der Waals surface area contributed by atoms with Gasteiger partial charge in [0.15, 0.2) is 0 Å². The van der Waals surface area contributed by atoms with Crippen molar-refractivity contribution in [2.45, 2.75) is 0 Å². The Kier molecular flexibility index (Phi) is 3.82. The van der Waals surface area contributed by atoms with Gasteiger partial charge in [0, 0.05) is 25.2 Å². The van der Waals surface area contributed by atoms with Crippen LogP contribution in [0.25, 0.3) is 5.57 Å². The summed E-state index contributed by atoms with van der Waals surface area (Å²) in [5, 5.41) is 13.6. The number of hydrogen-bond acceptors (Lipinski definition) is 3. The van der Waals surface area contributed by atoms with Crippen molar-refractivity contribution in [3.8, 4) is 0 Å². The molecule has 0 saturated heterocycles. The highest BCUT2D eigenvalue weighted by molar-refractivity contribution is 5.85. The lowest BCUT2D eigenvalue weighted by Crippen LogP contribution is -2.07. The molecule has 1 heterocycles. The van der Waals surface area contributed by atoms with Gasteiger partial charge in [0.25, 0.3) is 5.69 Å². The Hall–Kier alpha value is -1.39. The maximum absolute atomic E-state index is 10.4. The summed E-state index contributed by atoms with van der Waals surface area (Å²) in [4.78, 5) is 10.0. The van der Waals surface area contributed by atoms with Crippen LogP contribution in [-0.2, 0) is 0 Å². The first kappa shape index (κ1) is 11.7. The lowest BCUT2D eigenvalue weighted by molar-refractivity contribution is -0.384. The molecule has 0 fully saturated rings. The van der Waals surface area contributed by atoms with E-state index in [-0.39, 0.29) is 23.0 Å². The van der Waals surface area contributed by atoms with Crippen LogP contribution in [0.3, 0.4) is 0 Å². The van der Waals surface area contributed by atoms with Crippen LogP contribution in [0.5, 0.6) is 0 Å². The Morgan fingerprint density at radius 3 is 2.40 bits per heavy atom. The number of nitro groups is 1. The van der Waals surface area contributed by atoms with E-state index >= 15 is 0 Å². The average molecular weight is 227 g/mol. The topological polar surface area (TPSA) is 55.2 Å². The Morgan fingerprint density at radius 1 is 1.27 bits per heavy atom. The van der Waals surface area contributed by atoms with Crippen molar-refractivity contribution in [3.63, 3.8) is 0 Å². The summed E-state index contributed by atoms with van der Waals surface area (Å²) in [5.41, 5.74) is 2.40. The molecule has 0 radical (unpaired) electrons. The van der Waals surface area contributed by atoms with Crippen molar-refractivity contribution in [2.24, 2.45) is 0 Å². The van der Waals surface area contributed by atoms with Gasteiger partial charge in [-0.15, -0.1) is 12.4 Å². The van der Waals surface area contributed by atoms with Crippen LogP contribution in [0.15, 0.2) is 30.3 Å². The van der Waals surface area contributed by atoms with E-state index in [0.717, 1.165) is 18.7 Å². The smallest absolute Gasteiger partial charge is 0.269 e. The standard InChI is InChI=1S/C10H10N2O2.ClH/c13-12(14)10-3-1-8(2-4-10)9-5-6-11-7-9;/h1-5,11H,6-7H2;1H. The highest BCUT2D eigenvalue weighted by Gasteiger charge is 2.08. The van der Waals surface area contributed by atoms with Gasteiger partial charge in [-0.1, -0.05) is 6.08 Å². The summed E-state index contributed by atoms with van der Waals surface area (Å²) in [6.45, 7) is 1.73. The number of non-ortho nitro benzene ring substituents is 1. The third kappa shape index (κ3) is 2.55. The van der Waals surface area contributed by atoms with E-state index < -0.39 is 0 Å². The predicted molar refractivity (Wildman–Crippen MR) is 61.2 cm³/mol. The molecule has 5 heteroatoms. The molecule has 1 aliphatic heterocycles. The third-order valence-electron chi connectivity index (χ3n) is 2.26. The Labute approximate surface area is 93.6 Å².